The van der Waals surface area contributed by atoms with Crippen LogP contribution in [-0.2, 0) is 10.5 Å². The predicted molar refractivity (Wildman–Crippen MR) is 110 cm³/mol. The van der Waals surface area contributed by atoms with Crippen molar-refractivity contribution in [3.05, 3.63) is 34.5 Å². The molecule has 0 radical (unpaired) electrons. The Bertz CT molecular complexity index is 869. The average molecular weight is 426 g/mol. The molecule has 152 valence electrons. The number of hydrogen-bond donors (Lipinski definition) is 2. The van der Waals surface area contributed by atoms with Gasteiger partial charge in [0, 0.05) is 28.7 Å². The number of hydrogen-bond acceptors (Lipinski definition) is 9. The number of aryl methyl sites for hydroxylation is 1. The lowest BCUT2D eigenvalue weighted by Gasteiger charge is -2.18. The third-order valence-corrected chi connectivity index (χ3v) is 5.16. The first-order chi connectivity index (χ1) is 13.3. The van der Waals surface area contributed by atoms with E-state index in [4.69, 9.17) is 26.2 Å². The van der Waals surface area contributed by atoms with Crippen molar-refractivity contribution >= 4 is 34.9 Å². The van der Waals surface area contributed by atoms with Crippen molar-refractivity contribution in [2.24, 2.45) is 0 Å². The number of carbonyl (C=O) groups is 1. The number of rotatable bonds is 8. The molecule has 2 rings (SSSR count). The maximum atomic E-state index is 12.3. The van der Waals surface area contributed by atoms with Crippen LogP contribution in [0.3, 0.4) is 0 Å². The molecule has 1 unspecified atom stereocenters. The van der Waals surface area contributed by atoms with E-state index in [1.807, 2.05) is 0 Å². The molecule has 2 N–H and O–H groups in total. The monoisotopic (exact) mass is 425 g/mol. The van der Waals surface area contributed by atoms with Gasteiger partial charge in [-0.2, -0.15) is 16.7 Å². The summed E-state index contributed by atoms with van der Waals surface area (Å²) in [5, 5.41) is 17.4. The quantitative estimate of drug-likeness (QED) is 0.484. The number of ether oxygens (including phenoxy) is 2. The summed E-state index contributed by atoms with van der Waals surface area (Å²) in [6.45, 7) is 5.26. The third kappa shape index (κ3) is 5.14. The molecule has 0 aliphatic rings. The summed E-state index contributed by atoms with van der Waals surface area (Å²) in [5.41, 5.74) is 1.39. The molecular formula is C18H23N3O5S2. The molecule has 1 atom stereocenters. The van der Waals surface area contributed by atoms with E-state index in [0.29, 0.717) is 50.6 Å². The van der Waals surface area contributed by atoms with Crippen molar-refractivity contribution in [1.82, 2.24) is 15.5 Å². The molecule has 2 aromatic rings. The first-order valence-corrected chi connectivity index (χ1v) is 9.97. The topological polar surface area (TPSA) is 107 Å². The highest BCUT2D eigenvalue weighted by molar-refractivity contribution is 7.98. The summed E-state index contributed by atoms with van der Waals surface area (Å²) in [4.78, 5) is 17.1. The minimum atomic E-state index is -0.528. The van der Waals surface area contributed by atoms with E-state index < -0.39 is 5.97 Å². The second-order valence-electron chi connectivity index (χ2n) is 6.02. The Hall–Kier alpha value is -2.33. The Labute approximate surface area is 173 Å². The lowest BCUT2D eigenvalue weighted by Crippen LogP contribution is -2.27. The van der Waals surface area contributed by atoms with Gasteiger partial charge >= 0.3 is 5.97 Å². The Morgan fingerprint density at radius 3 is 2.68 bits per heavy atom. The van der Waals surface area contributed by atoms with Crippen molar-refractivity contribution in [1.29, 1.82) is 0 Å². The van der Waals surface area contributed by atoms with E-state index in [2.05, 4.69) is 15.5 Å². The van der Waals surface area contributed by atoms with Gasteiger partial charge in [0.05, 0.1) is 24.8 Å². The number of phenols is 1. The molecule has 0 aliphatic carbocycles. The highest BCUT2D eigenvalue weighted by Crippen LogP contribution is 2.36. The average Bonchev–Trinajstić information content (AvgIpc) is 3.08. The zero-order chi connectivity index (χ0) is 20.8. The number of benzene rings is 1. The molecule has 0 fully saturated rings. The summed E-state index contributed by atoms with van der Waals surface area (Å²) < 4.78 is 15.4. The van der Waals surface area contributed by atoms with E-state index in [1.54, 1.807) is 20.8 Å². The molecule has 1 aromatic carbocycles. The first kappa shape index (κ1) is 22.0. The molecule has 1 heterocycles. The number of methoxy groups -OCH3 is 2. The fraction of sp³-hybridized carbons (Fsp3) is 0.444. The highest BCUT2D eigenvalue weighted by Gasteiger charge is 2.24. The molecular weight excluding hydrogens is 402 g/mol. The molecule has 10 heteroatoms. The number of thioether (sulfide) groups is 1. The number of nitrogens with zero attached hydrogens (tertiary/aromatic N) is 2. The molecule has 0 spiro atoms. The van der Waals surface area contributed by atoms with Gasteiger partial charge in [-0.05, 0) is 20.8 Å². The molecule has 8 nitrogen and oxygen atoms in total. The van der Waals surface area contributed by atoms with Gasteiger partial charge in [0.1, 0.15) is 17.5 Å². The van der Waals surface area contributed by atoms with Gasteiger partial charge in [0.15, 0.2) is 5.82 Å². The van der Waals surface area contributed by atoms with Crippen molar-refractivity contribution in [3.63, 3.8) is 0 Å². The van der Waals surface area contributed by atoms with Crippen molar-refractivity contribution in [3.8, 4) is 11.5 Å². The summed E-state index contributed by atoms with van der Waals surface area (Å²) >= 11 is 6.61. The van der Waals surface area contributed by atoms with Gasteiger partial charge in [-0.15, -0.1) is 0 Å². The fourth-order valence-corrected chi connectivity index (χ4v) is 3.91. The van der Waals surface area contributed by atoms with E-state index in [-0.39, 0.29) is 11.8 Å². The second-order valence-corrected chi connectivity index (χ2v) is 7.66. The van der Waals surface area contributed by atoms with Crippen molar-refractivity contribution < 1.29 is 23.9 Å². The van der Waals surface area contributed by atoms with Gasteiger partial charge in [-0.3, -0.25) is 0 Å². The molecule has 0 saturated carbocycles. The van der Waals surface area contributed by atoms with E-state index >= 15 is 0 Å². The molecule has 0 aliphatic heterocycles. The molecule has 0 bridgehead atoms. The normalized spacial score (nSPS) is 11.8. The van der Waals surface area contributed by atoms with Gasteiger partial charge in [-0.25, -0.2) is 4.79 Å². The van der Waals surface area contributed by atoms with Crippen LogP contribution in [0.4, 0.5) is 0 Å². The van der Waals surface area contributed by atoms with Crippen LogP contribution >= 0.6 is 24.0 Å². The number of phenolic OH excluding ortho intramolecular Hbond substituents is 1. The van der Waals surface area contributed by atoms with E-state index in [1.165, 1.54) is 32.0 Å². The van der Waals surface area contributed by atoms with E-state index in [9.17, 15) is 9.90 Å². The fourth-order valence-electron chi connectivity index (χ4n) is 2.69. The highest BCUT2D eigenvalue weighted by atomic mass is 32.2. The van der Waals surface area contributed by atoms with Gasteiger partial charge in [-0.1, -0.05) is 17.4 Å². The number of carbonyl (C=O) groups excluding carboxylic acids is 1. The number of esters is 1. The van der Waals surface area contributed by atoms with Crippen LogP contribution in [0.5, 0.6) is 11.5 Å². The number of thiocarbonyl (C=S) groups is 1. The predicted octanol–water partition coefficient (Wildman–Crippen LogP) is 3.10. The van der Waals surface area contributed by atoms with Crippen LogP contribution in [0, 0.1) is 13.8 Å². The summed E-state index contributed by atoms with van der Waals surface area (Å²) in [7, 11) is 2.78. The molecule has 1 aromatic heterocycles. The van der Waals surface area contributed by atoms with Crippen molar-refractivity contribution in [2.45, 2.75) is 32.6 Å². The maximum absolute atomic E-state index is 12.3. The minimum absolute atomic E-state index is 0.0282. The Morgan fingerprint density at radius 2 is 2.14 bits per heavy atom. The van der Waals surface area contributed by atoms with Crippen LogP contribution in [-0.4, -0.2) is 46.2 Å². The smallest absolute Gasteiger partial charge is 0.338 e. The maximum Gasteiger partial charge on any atom is 0.338 e. The van der Waals surface area contributed by atoms with Gasteiger partial charge in [0.25, 0.3) is 0 Å². The standard InChI is InChI=1S/C18H23N3O5S2/c1-9-15(24-4)6-14(22)12(16(9)18(23)25-5)7-28-8-13(20-11(3)27)17-19-10(2)21-26-17/h6,13,22H,7-8H2,1-5H3,(H,20,27). The lowest BCUT2D eigenvalue weighted by atomic mass is 10.0. The minimum Gasteiger partial charge on any atom is -0.507 e. The van der Waals surface area contributed by atoms with Crippen LogP contribution in [0.15, 0.2) is 10.6 Å². The van der Waals surface area contributed by atoms with Crippen LogP contribution < -0.4 is 10.1 Å². The molecule has 0 amide bonds. The molecule has 28 heavy (non-hydrogen) atoms. The van der Waals surface area contributed by atoms with Crippen LogP contribution in [0.25, 0.3) is 0 Å². The Morgan fingerprint density at radius 1 is 1.43 bits per heavy atom. The number of aromatic hydroxyl groups is 1. The Balaban J connectivity index is 2.23. The second kappa shape index (κ2) is 9.74. The summed E-state index contributed by atoms with van der Waals surface area (Å²) in [5.74, 6) is 1.72. The number of aromatic nitrogens is 2. The van der Waals surface area contributed by atoms with Gasteiger partial charge < -0.3 is 24.4 Å². The lowest BCUT2D eigenvalue weighted by molar-refractivity contribution is 0.0598. The van der Waals surface area contributed by atoms with Crippen molar-refractivity contribution in [2.75, 3.05) is 20.0 Å². The Kier molecular flexibility index (Phi) is 7.64. The summed E-state index contributed by atoms with van der Waals surface area (Å²) in [6.07, 6.45) is 0. The first-order valence-electron chi connectivity index (χ1n) is 8.41. The SMILES string of the molecule is COC(=O)c1c(C)c(OC)cc(O)c1CSCC(NC(C)=S)c1nc(C)no1. The van der Waals surface area contributed by atoms with Gasteiger partial charge in [0.2, 0.25) is 5.89 Å². The van der Waals surface area contributed by atoms with Crippen LogP contribution in [0.1, 0.15) is 46.2 Å². The van der Waals surface area contributed by atoms with E-state index in [0.717, 1.165) is 0 Å². The number of nitrogens with one attached hydrogen (secondary N) is 1. The van der Waals surface area contributed by atoms with Crippen LogP contribution in [0.2, 0.25) is 0 Å². The third-order valence-electron chi connectivity index (χ3n) is 3.98. The zero-order valence-corrected chi connectivity index (χ0v) is 18.0. The summed E-state index contributed by atoms with van der Waals surface area (Å²) in [6, 6.07) is 1.21. The zero-order valence-electron chi connectivity index (χ0n) is 16.4. The largest absolute Gasteiger partial charge is 0.507 e. The molecule has 0 saturated heterocycles.